The Bertz CT molecular complexity index is 1400. The quantitative estimate of drug-likeness (QED) is 0.439. The van der Waals surface area contributed by atoms with Crippen LogP contribution in [0.5, 0.6) is 11.5 Å². The highest BCUT2D eigenvalue weighted by molar-refractivity contribution is 6.01. The van der Waals surface area contributed by atoms with Crippen molar-refractivity contribution in [3.05, 3.63) is 58.1 Å². The van der Waals surface area contributed by atoms with Gasteiger partial charge in [0.05, 0.1) is 24.3 Å². The van der Waals surface area contributed by atoms with Gasteiger partial charge in [0, 0.05) is 51.5 Å². The molecule has 188 valence electrons. The van der Waals surface area contributed by atoms with Gasteiger partial charge in [0.15, 0.2) is 17.3 Å². The van der Waals surface area contributed by atoms with E-state index in [9.17, 15) is 9.59 Å². The molecule has 1 amide bonds. The van der Waals surface area contributed by atoms with Crippen LogP contribution in [0.15, 0.2) is 41.3 Å². The van der Waals surface area contributed by atoms with Crippen LogP contribution in [0.25, 0.3) is 16.6 Å². The summed E-state index contributed by atoms with van der Waals surface area (Å²) in [6, 6.07) is 8.40. The molecule has 36 heavy (non-hydrogen) atoms. The number of carbonyl (C=O) groups excluding carboxylic acids is 1. The molecule has 10 heteroatoms. The van der Waals surface area contributed by atoms with Crippen molar-refractivity contribution >= 4 is 22.5 Å². The Kier molecular flexibility index (Phi) is 5.87. The summed E-state index contributed by atoms with van der Waals surface area (Å²) in [6.45, 7) is 5.13. The first kappa shape index (κ1) is 23.0. The van der Waals surface area contributed by atoms with Crippen LogP contribution in [0.3, 0.4) is 0 Å². The number of halogens is 1. The number of pyridine rings is 1. The molecular weight excluding hydrogens is 465 g/mol. The molecule has 3 aliphatic rings. The average Bonchev–Trinajstić information content (AvgIpc) is 3.33. The third-order valence-corrected chi connectivity index (χ3v) is 7.11. The van der Waals surface area contributed by atoms with Gasteiger partial charge in [0.2, 0.25) is 5.43 Å². The van der Waals surface area contributed by atoms with E-state index >= 15 is 4.39 Å². The van der Waals surface area contributed by atoms with Crippen LogP contribution in [0.2, 0.25) is 0 Å². The lowest BCUT2D eigenvalue weighted by molar-refractivity contribution is 0.0398. The minimum absolute atomic E-state index is 0.00770. The maximum Gasteiger partial charge on any atom is 0.259 e. The maximum atomic E-state index is 15.5. The first-order valence-corrected chi connectivity index (χ1v) is 12.3. The van der Waals surface area contributed by atoms with Crippen molar-refractivity contribution in [1.82, 2.24) is 14.4 Å². The van der Waals surface area contributed by atoms with Crippen molar-refractivity contribution in [3.8, 4) is 17.2 Å². The molecule has 1 unspecified atom stereocenters. The number of hydrogen-bond donors (Lipinski definition) is 2. The lowest BCUT2D eigenvalue weighted by atomic mass is 10.1. The van der Waals surface area contributed by atoms with Gasteiger partial charge in [-0.15, -0.1) is 0 Å². The first-order chi connectivity index (χ1) is 17.5. The molecule has 0 aliphatic carbocycles. The summed E-state index contributed by atoms with van der Waals surface area (Å²) in [7, 11) is 0. The first-order valence-electron chi connectivity index (χ1n) is 12.3. The standard InChI is InChI=1S/C26H28FN5O4/c27-19-13-17-23-25(22(19)29-6-8-30-9-11-35-12-10-30)36-21-4-2-1-3-20(21)32(23)15-18(24(17)33)26(34)31-7-5-16(28)14-31/h1-4,13,15-16,29H,5-12,14,28H2. The molecule has 4 heterocycles. The Hall–Kier alpha value is -3.47. The SMILES string of the molecule is NC1CCN(C(=O)c2cn3c4c(c(NCCN5CCOCC5)c(F)cc4c2=O)Oc2ccccc2-3)C1. The maximum absolute atomic E-state index is 15.5. The number of likely N-dealkylation sites (tertiary alicyclic amines) is 1. The summed E-state index contributed by atoms with van der Waals surface area (Å²) in [5.74, 6) is -0.240. The highest BCUT2D eigenvalue weighted by Gasteiger charge is 2.31. The smallest absolute Gasteiger partial charge is 0.259 e. The largest absolute Gasteiger partial charge is 0.451 e. The predicted molar refractivity (Wildman–Crippen MR) is 134 cm³/mol. The molecule has 0 saturated carbocycles. The van der Waals surface area contributed by atoms with Crippen LogP contribution >= 0.6 is 0 Å². The van der Waals surface area contributed by atoms with Crippen LogP contribution in [0.1, 0.15) is 16.8 Å². The van der Waals surface area contributed by atoms with Gasteiger partial charge in [-0.2, -0.15) is 0 Å². The number of aromatic nitrogens is 1. The molecule has 0 spiro atoms. The highest BCUT2D eigenvalue weighted by atomic mass is 19.1. The summed E-state index contributed by atoms with van der Waals surface area (Å²) in [5.41, 5.74) is 6.76. The van der Waals surface area contributed by atoms with E-state index in [0.29, 0.717) is 56.2 Å². The predicted octanol–water partition coefficient (Wildman–Crippen LogP) is 2.15. The van der Waals surface area contributed by atoms with E-state index in [-0.39, 0.29) is 28.4 Å². The zero-order valence-electron chi connectivity index (χ0n) is 19.8. The third kappa shape index (κ3) is 3.91. The lowest BCUT2D eigenvalue weighted by Crippen LogP contribution is -2.39. The summed E-state index contributed by atoms with van der Waals surface area (Å²) in [4.78, 5) is 30.6. The number of carbonyl (C=O) groups is 1. The normalized spacial score (nSPS) is 19.3. The van der Waals surface area contributed by atoms with E-state index in [2.05, 4.69) is 10.2 Å². The minimum atomic E-state index is -0.602. The molecule has 3 aromatic rings. The number of morpholine rings is 1. The second-order valence-corrected chi connectivity index (χ2v) is 9.45. The number of rotatable bonds is 5. The number of anilines is 1. The molecule has 1 aromatic heterocycles. The molecule has 2 aromatic carbocycles. The van der Waals surface area contributed by atoms with Gasteiger partial charge < -0.3 is 30.0 Å². The number of fused-ring (bicyclic) bond motifs is 2. The number of hydrogen-bond acceptors (Lipinski definition) is 7. The molecule has 9 nitrogen and oxygen atoms in total. The summed E-state index contributed by atoms with van der Waals surface area (Å²) in [6.07, 6.45) is 2.24. The highest BCUT2D eigenvalue weighted by Crippen LogP contribution is 2.45. The van der Waals surface area contributed by atoms with E-state index in [4.69, 9.17) is 15.2 Å². The van der Waals surface area contributed by atoms with Gasteiger partial charge in [0.1, 0.15) is 16.8 Å². The molecule has 3 N–H and O–H groups in total. The fourth-order valence-corrected chi connectivity index (χ4v) is 5.19. The fourth-order valence-electron chi connectivity index (χ4n) is 5.19. The van der Waals surface area contributed by atoms with Crippen molar-refractivity contribution in [1.29, 1.82) is 0 Å². The molecule has 1 atom stereocenters. The topological polar surface area (TPSA) is 102 Å². The van der Waals surface area contributed by atoms with Crippen LogP contribution in [-0.4, -0.2) is 78.8 Å². The summed E-state index contributed by atoms with van der Waals surface area (Å²) in [5, 5.41) is 3.29. The summed E-state index contributed by atoms with van der Waals surface area (Å²) >= 11 is 0. The second-order valence-electron chi connectivity index (χ2n) is 9.45. The van der Waals surface area contributed by atoms with Gasteiger partial charge >= 0.3 is 0 Å². The lowest BCUT2D eigenvalue weighted by Gasteiger charge is -2.28. The fraction of sp³-hybridized carbons (Fsp3) is 0.385. The molecule has 0 bridgehead atoms. The number of para-hydroxylation sites is 2. The Balaban J connectivity index is 1.44. The van der Waals surface area contributed by atoms with E-state index in [0.717, 1.165) is 19.6 Å². The number of ether oxygens (including phenoxy) is 2. The Morgan fingerprint density at radius 3 is 2.78 bits per heavy atom. The van der Waals surface area contributed by atoms with Crippen molar-refractivity contribution in [2.24, 2.45) is 5.73 Å². The Morgan fingerprint density at radius 2 is 2.00 bits per heavy atom. The van der Waals surface area contributed by atoms with Crippen molar-refractivity contribution in [2.75, 3.05) is 57.8 Å². The van der Waals surface area contributed by atoms with Gasteiger partial charge in [-0.05, 0) is 24.6 Å². The average molecular weight is 494 g/mol. The van der Waals surface area contributed by atoms with Crippen molar-refractivity contribution < 1.29 is 18.7 Å². The van der Waals surface area contributed by atoms with E-state index in [1.54, 1.807) is 21.7 Å². The monoisotopic (exact) mass is 493 g/mol. The molecule has 6 rings (SSSR count). The number of amides is 1. The number of nitrogens with two attached hydrogens (primary N) is 1. The third-order valence-electron chi connectivity index (χ3n) is 7.11. The number of benzene rings is 2. The number of nitrogens with one attached hydrogen (secondary N) is 1. The zero-order chi connectivity index (χ0) is 24.8. The molecular formula is C26H28FN5O4. The van der Waals surface area contributed by atoms with E-state index in [1.807, 2.05) is 18.2 Å². The molecule has 3 aliphatic heterocycles. The van der Waals surface area contributed by atoms with Gasteiger partial charge in [-0.25, -0.2) is 4.39 Å². The van der Waals surface area contributed by atoms with Crippen LogP contribution in [0.4, 0.5) is 10.1 Å². The Morgan fingerprint density at radius 1 is 1.19 bits per heavy atom. The zero-order valence-corrected chi connectivity index (χ0v) is 19.8. The van der Waals surface area contributed by atoms with Gasteiger partial charge in [-0.3, -0.25) is 14.5 Å². The van der Waals surface area contributed by atoms with E-state index < -0.39 is 17.2 Å². The van der Waals surface area contributed by atoms with Crippen LogP contribution in [-0.2, 0) is 4.74 Å². The molecule has 2 fully saturated rings. The minimum Gasteiger partial charge on any atom is -0.451 e. The Labute approximate surface area is 207 Å². The second kappa shape index (κ2) is 9.20. The molecule has 2 saturated heterocycles. The van der Waals surface area contributed by atoms with Crippen molar-refractivity contribution in [3.63, 3.8) is 0 Å². The van der Waals surface area contributed by atoms with Gasteiger partial charge in [0.25, 0.3) is 5.91 Å². The van der Waals surface area contributed by atoms with Crippen molar-refractivity contribution in [2.45, 2.75) is 12.5 Å². The summed E-state index contributed by atoms with van der Waals surface area (Å²) < 4.78 is 28.8. The van der Waals surface area contributed by atoms with Crippen LogP contribution < -0.4 is 21.2 Å². The number of nitrogens with zero attached hydrogens (tertiary/aromatic N) is 3. The van der Waals surface area contributed by atoms with Gasteiger partial charge in [-0.1, -0.05) is 12.1 Å². The molecule has 0 radical (unpaired) electrons. The van der Waals surface area contributed by atoms with Crippen LogP contribution in [0, 0.1) is 5.82 Å². The van der Waals surface area contributed by atoms with E-state index in [1.165, 1.54) is 6.07 Å².